The van der Waals surface area contributed by atoms with Crippen molar-refractivity contribution in [3.05, 3.63) is 79.2 Å². The maximum atomic E-state index is 14.2. The van der Waals surface area contributed by atoms with E-state index >= 15 is 0 Å². The molecule has 2 amide bonds. The van der Waals surface area contributed by atoms with Gasteiger partial charge in [-0.3, -0.25) is 9.59 Å². The van der Waals surface area contributed by atoms with Gasteiger partial charge < -0.3 is 44.2 Å². The molecule has 45 heavy (non-hydrogen) atoms. The number of hydrogen-bond donors (Lipinski definition) is 4. The molecule has 1 aliphatic heterocycles. The Morgan fingerprint density at radius 2 is 1.98 bits per heavy atom. The van der Waals surface area contributed by atoms with Gasteiger partial charge in [0.1, 0.15) is 23.4 Å². The lowest BCUT2D eigenvalue weighted by Gasteiger charge is -2.41. The number of rotatable bonds is 11. The maximum absolute atomic E-state index is 14.2. The van der Waals surface area contributed by atoms with Gasteiger partial charge in [0.2, 0.25) is 5.91 Å². The third-order valence-electron chi connectivity index (χ3n) is 7.90. The quantitative estimate of drug-likeness (QED) is 0.169. The first kappa shape index (κ1) is 32.9. The van der Waals surface area contributed by atoms with Crippen LogP contribution in [0.15, 0.2) is 63.3 Å². The van der Waals surface area contributed by atoms with Crippen molar-refractivity contribution in [1.29, 1.82) is 0 Å². The lowest BCUT2D eigenvalue weighted by Crippen LogP contribution is -2.57. The fourth-order valence-electron chi connectivity index (χ4n) is 5.64. The minimum atomic E-state index is -1.35. The molecule has 0 saturated carbocycles. The highest BCUT2D eigenvalue weighted by Crippen LogP contribution is 2.37. The normalized spacial score (nSPS) is 21.3. The molecule has 1 fully saturated rings. The Bertz CT molecular complexity index is 1630. The summed E-state index contributed by atoms with van der Waals surface area (Å²) in [5, 5.41) is 34.0. The SMILES string of the molecule is COc1cc(CO)cc(I)c1O[C@H]1C=C(C(=O)NCCO)C[C@@H](N(C[C@@H]2CCCO2)C(=O)c2cc3ccccc3oc2=O)[C@@H]1O. The summed E-state index contributed by atoms with van der Waals surface area (Å²) >= 11 is 2.03. The summed E-state index contributed by atoms with van der Waals surface area (Å²) in [4.78, 5) is 41.9. The van der Waals surface area contributed by atoms with E-state index in [1.807, 2.05) is 22.6 Å². The van der Waals surface area contributed by atoms with Gasteiger partial charge in [0, 0.05) is 37.1 Å². The summed E-state index contributed by atoms with van der Waals surface area (Å²) < 4.78 is 23.7. The van der Waals surface area contributed by atoms with Crippen LogP contribution >= 0.6 is 22.6 Å². The number of carbonyl (C=O) groups is 2. The van der Waals surface area contributed by atoms with Gasteiger partial charge >= 0.3 is 5.63 Å². The highest BCUT2D eigenvalue weighted by atomic mass is 127. The van der Waals surface area contributed by atoms with E-state index in [2.05, 4.69) is 5.32 Å². The number of aliphatic hydroxyl groups is 3. The Hall–Kier alpha value is -3.50. The van der Waals surface area contributed by atoms with Gasteiger partial charge in [0.25, 0.3) is 5.91 Å². The zero-order valence-corrected chi connectivity index (χ0v) is 26.8. The first-order valence-corrected chi connectivity index (χ1v) is 15.7. The van der Waals surface area contributed by atoms with E-state index in [0.717, 1.165) is 6.42 Å². The van der Waals surface area contributed by atoms with Gasteiger partial charge in [-0.15, -0.1) is 0 Å². The number of para-hydroxylation sites is 1. The summed E-state index contributed by atoms with van der Waals surface area (Å²) in [7, 11) is 1.44. The first-order chi connectivity index (χ1) is 21.7. The van der Waals surface area contributed by atoms with Crippen molar-refractivity contribution in [3.8, 4) is 11.5 Å². The average Bonchev–Trinajstić information content (AvgIpc) is 3.57. The molecule has 4 N–H and O–H groups in total. The molecular weight excluding hydrogens is 699 g/mol. The fourth-order valence-corrected chi connectivity index (χ4v) is 6.43. The Morgan fingerprint density at radius 1 is 1.18 bits per heavy atom. The molecule has 13 heteroatoms. The largest absolute Gasteiger partial charge is 0.493 e. The second kappa shape index (κ2) is 14.7. The van der Waals surface area contributed by atoms with Crippen molar-refractivity contribution in [2.45, 2.75) is 50.2 Å². The van der Waals surface area contributed by atoms with Crippen molar-refractivity contribution < 1.29 is 43.5 Å². The number of carbonyl (C=O) groups excluding carboxylic acids is 2. The number of methoxy groups -OCH3 is 1. The molecule has 1 aliphatic carbocycles. The third kappa shape index (κ3) is 7.33. The Morgan fingerprint density at radius 3 is 2.69 bits per heavy atom. The summed E-state index contributed by atoms with van der Waals surface area (Å²) in [6.07, 6.45) is 0.0587. The molecule has 240 valence electrons. The number of hydrogen-bond acceptors (Lipinski definition) is 10. The molecule has 3 aromatic rings. The van der Waals surface area contributed by atoms with Crippen LogP contribution in [0.5, 0.6) is 11.5 Å². The second-order valence-corrected chi connectivity index (χ2v) is 12.0. The van der Waals surface area contributed by atoms with Gasteiger partial charge in [-0.05, 0) is 71.3 Å². The van der Waals surface area contributed by atoms with Crippen LogP contribution in [-0.2, 0) is 16.1 Å². The number of benzene rings is 2. The molecule has 2 aliphatic rings. The zero-order valence-electron chi connectivity index (χ0n) is 24.6. The molecular formula is C32H35IN2O10. The van der Waals surface area contributed by atoms with E-state index in [1.165, 1.54) is 24.2 Å². The van der Waals surface area contributed by atoms with Crippen molar-refractivity contribution in [1.82, 2.24) is 10.2 Å². The predicted octanol–water partition coefficient (Wildman–Crippen LogP) is 2.14. The van der Waals surface area contributed by atoms with Crippen molar-refractivity contribution in [2.24, 2.45) is 0 Å². The number of fused-ring (bicyclic) bond motifs is 1. The van der Waals surface area contributed by atoms with Gasteiger partial charge in [-0.2, -0.15) is 0 Å². The summed E-state index contributed by atoms with van der Waals surface area (Å²) in [5.41, 5.74) is 0.104. The van der Waals surface area contributed by atoms with Crippen LogP contribution in [0.3, 0.4) is 0 Å². The van der Waals surface area contributed by atoms with Crippen LogP contribution in [0.1, 0.15) is 35.2 Å². The summed E-state index contributed by atoms with van der Waals surface area (Å²) in [6, 6.07) is 10.6. The van der Waals surface area contributed by atoms with Gasteiger partial charge in [0.05, 0.1) is 36.0 Å². The smallest absolute Gasteiger partial charge is 0.349 e. The summed E-state index contributed by atoms with van der Waals surface area (Å²) in [5.74, 6) is -0.592. The summed E-state index contributed by atoms with van der Waals surface area (Å²) in [6.45, 7) is 0.0650. The lowest BCUT2D eigenvalue weighted by atomic mass is 9.87. The van der Waals surface area contributed by atoms with E-state index in [1.54, 1.807) is 36.4 Å². The number of halogens is 1. The third-order valence-corrected chi connectivity index (χ3v) is 8.70. The molecule has 0 radical (unpaired) electrons. The standard InChI is InChI=1S/C32H35IN2O10/c1-42-27-12-18(17-37)11-23(33)29(27)44-26-15-20(30(39)34-8-9-36)14-24(28(26)38)35(16-21-6-4-10-43-21)31(40)22-13-19-5-2-3-7-25(19)45-32(22)41/h2-3,5,7,11-13,15,21,24,26,28,36-38H,4,6,8-10,14,16-17H2,1H3,(H,34,39)/t21-,24+,26-,28-/m0/s1. The van der Waals surface area contributed by atoms with Crippen LogP contribution in [0.25, 0.3) is 11.0 Å². The maximum Gasteiger partial charge on any atom is 0.349 e. The molecule has 1 saturated heterocycles. The van der Waals surface area contributed by atoms with Gasteiger partial charge in [0.15, 0.2) is 11.5 Å². The monoisotopic (exact) mass is 734 g/mol. The molecule has 4 atom stereocenters. The number of nitrogens with one attached hydrogen (secondary N) is 1. The van der Waals surface area contributed by atoms with Crippen LogP contribution < -0.4 is 20.4 Å². The highest BCUT2D eigenvalue weighted by molar-refractivity contribution is 14.1. The van der Waals surface area contributed by atoms with E-state index in [4.69, 9.17) is 18.6 Å². The number of amides is 2. The number of ether oxygens (including phenoxy) is 3. The number of aliphatic hydroxyl groups excluding tert-OH is 3. The van der Waals surface area contributed by atoms with Crippen molar-refractivity contribution in [2.75, 3.05) is 33.4 Å². The minimum Gasteiger partial charge on any atom is -0.493 e. The van der Waals surface area contributed by atoms with Gasteiger partial charge in [-0.25, -0.2) is 4.79 Å². The van der Waals surface area contributed by atoms with E-state index in [-0.39, 0.29) is 55.7 Å². The van der Waals surface area contributed by atoms with Crippen LogP contribution in [0.2, 0.25) is 0 Å². The van der Waals surface area contributed by atoms with E-state index in [9.17, 15) is 29.7 Å². The Kier molecular flexibility index (Phi) is 10.8. The second-order valence-electron chi connectivity index (χ2n) is 10.9. The van der Waals surface area contributed by atoms with Crippen LogP contribution in [0, 0.1) is 3.57 Å². The highest BCUT2D eigenvalue weighted by Gasteiger charge is 2.42. The predicted molar refractivity (Wildman–Crippen MR) is 171 cm³/mol. The Balaban J connectivity index is 1.56. The molecule has 2 aromatic carbocycles. The number of nitrogens with zero attached hydrogens (tertiary/aromatic N) is 1. The molecule has 0 bridgehead atoms. The molecule has 1 aromatic heterocycles. The molecule has 0 spiro atoms. The molecule has 12 nitrogen and oxygen atoms in total. The van der Waals surface area contributed by atoms with Gasteiger partial charge in [-0.1, -0.05) is 18.2 Å². The zero-order chi connectivity index (χ0) is 32.1. The molecule has 5 rings (SSSR count). The van der Waals surface area contributed by atoms with Crippen molar-refractivity contribution >= 4 is 45.4 Å². The molecule has 2 heterocycles. The topological polar surface area (TPSA) is 168 Å². The first-order valence-electron chi connectivity index (χ1n) is 14.6. The van der Waals surface area contributed by atoms with E-state index < -0.39 is 35.7 Å². The van der Waals surface area contributed by atoms with Crippen LogP contribution in [0.4, 0.5) is 0 Å². The molecule has 0 unspecified atom stereocenters. The minimum absolute atomic E-state index is 0.0000445. The average molecular weight is 735 g/mol. The van der Waals surface area contributed by atoms with E-state index in [0.29, 0.717) is 38.9 Å². The Labute approximate surface area is 272 Å². The van der Waals surface area contributed by atoms with Crippen molar-refractivity contribution in [3.63, 3.8) is 0 Å². The fraction of sp³-hybridized carbons (Fsp3) is 0.406. The van der Waals surface area contributed by atoms with Crippen LogP contribution in [-0.4, -0.2) is 89.8 Å². The lowest BCUT2D eigenvalue weighted by molar-refractivity contribution is -0.118.